The van der Waals surface area contributed by atoms with Crippen LogP contribution in [0.25, 0.3) is 0 Å². The maximum atomic E-state index is 11.3. The first-order valence-corrected chi connectivity index (χ1v) is 5.97. The molecule has 4 heteroatoms. The predicted molar refractivity (Wildman–Crippen MR) is 63.8 cm³/mol. The van der Waals surface area contributed by atoms with Crippen LogP contribution in [-0.2, 0) is 11.2 Å². The summed E-state index contributed by atoms with van der Waals surface area (Å²) in [5.74, 6) is 0.0919. The van der Waals surface area contributed by atoms with Gasteiger partial charge < -0.3 is 0 Å². The van der Waals surface area contributed by atoms with Crippen LogP contribution in [0.15, 0.2) is 11.4 Å². The zero-order valence-electron chi connectivity index (χ0n) is 9.54. The highest BCUT2D eigenvalue weighted by Crippen LogP contribution is 2.17. The standard InChI is InChI=1S/C11H18N2OS/c1-9-7-8-15-10(9)5-4-6-11(14)12-13(2)3/h7-8H,4-6H2,1-3H3,(H,12,14). The van der Waals surface area contributed by atoms with E-state index >= 15 is 0 Å². The number of hydrogen-bond acceptors (Lipinski definition) is 3. The summed E-state index contributed by atoms with van der Waals surface area (Å²) >= 11 is 1.77. The first-order valence-electron chi connectivity index (χ1n) is 5.09. The predicted octanol–water partition coefficient (Wildman–Crippen LogP) is 1.97. The lowest BCUT2D eigenvalue weighted by Crippen LogP contribution is -2.35. The second kappa shape index (κ2) is 5.88. The Bertz CT molecular complexity index is 320. The fourth-order valence-electron chi connectivity index (χ4n) is 1.38. The number of carbonyl (C=O) groups excluding carboxylic acids is 1. The molecule has 0 atom stereocenters. The van der Waals surface area contributed by atoms with E-state index in [4.69, 9.17) is 0 Å². The Morgan fingerprint density at radius 1 is 1.53 bits per heavy atom. The lowest BCUT2D eigenvalue weighted by Gasteiger charge is -2.11. The lowest BCUT2D eigenvalue weighted by atomic mass is 10.1. The fraction of sp³-hybridized carbons (Fsp3) is 0.545. The van der Waals surface area contributed by atoms with Gasteiger partial charge in [-0.15, -0.1) is 11.3 Å². The van der Waals surface area contributed by atoms with Crippen LogP contribution >= 0.6 is 11.3 Å². The molecular weight excluding hydrogens is 208 g/mol. The smallest absolute Gasteiger partial charge is 0.234 e. The molecule has 0 saturated heterocycles. The number of hydrazine groups is 1. The summed E-state index contributed by atoms with van der Waals surface area (Å²) in [6.07, 6.45) is 2.51. The van der Waals surface area contributed by atoms with Crippen LogP contribution in [0, 0.1) is 6.92 Å². The average molecular weight is 226 g/mol. The molecule has 3 nitrogen and oxygen atoms in total. The van der Waals surface area contributed by atoms with Gasteiger partial charge in [0.05, 0.1) is 0 Å². The molecule has 0 aromatic carbocycles. The van der Waals surface area contributed by atoms with Gasteiger partial charge in [0.15, 0.2) is 0 Å². The molecule has 84 valence electrons. The average Bonchev–Trinajstić information content (AvgIpc) is 2.50. The maximum absolute atomic E-state index is 11.3. The van der Waals surface area contributed by atoms with Gasteiger partial charge in [0, 0.05) is 25.4 Å². The van der Waals surface area contributed by atoms with Crippen molar-refractivity contribution in [2.24, 2.45) is 0 Å². The SMILES string of the molecule is Cc1ccsc1CCCC(=O)NN(C)C. The maximum Gasteiger partial charge on any atom is 0.234 e. The van der Waals surface area contributed by atoms with Crippen LogP contribution in [-0.4, -0.2) is 25.0 Å². The molecule has 0 fully saturated rings. The molecule has 0 radical (unpaired) electrons. The van der Waals surface area contributed by atoms with Crippen molar-refractivity contribution in [1.29, 1.82) is 0 Å². The molecule has 0 aliphatic carbocycles. The molecule has 1 aromatic heterocycles. The Hall–Kier alpha value is -0.870. The van der Waals surface area contributed by atoms with E-state index in [1.807, 2.05) is 14.1 Å². The molecule has 1 aromatic rings. The molecular formula is C11H18N2OS. The van der Waals surface area contributed by atoms with Gasteiger partial charge in [0.2, 0.25) is 5.91 Å². The van der Waals surface area contributed by atoms with Crippen molar-refractivity contribution in [3.63, 3.8) is 0 Å². The normalized spacial score (nSPS) is 10.7. The van der Waals surface area contributed by atoms with E-state index in [1.54, 1.807) is 16.3 Å². The molecule has 0 aliphatic heterocycles. The zero-order chi connectivity index (χ0) is 11.3. The number of carbonyl (C=O) groups is 1. The zero-order valence-corrected chi connectivity index (χ0v) is 10.4. The quantitative estimate of drug-likeness (QED) is 0.779. The van der Waals surface area contributed by atoms with E-state index in [0.29, 0.717) is 6.42 Å². The van der Waals surface area contributed by atoms with Gasteiger partial charge in [-0.05, 0) is 36.8 Å². The van der Waals surface area contributed by atoms with Gasteiger partial charge in [-0.3, -0.25) is 10.2 Å². The number of rotatable bonds is 5. The summed E-state index contributed by atoms with van der Waals surface area (Å²) in [7, 11) is 3.64. The lowest BCUT2D eigenvalue weighted by molar-refractivity contribution is -0.124. The molecule has 0 saturated carbocycles. The van der Waals surface area contributed by atoms with Crippen LogP contribution in [0.3, 0.4) is 0 Å². The first-order chi connectivity index (χ1) is 7.09. The minimum atomic E-state index is 0.0919. The number of thiophene rings is 1. The second-order valence-electron chi connectivity index (χ2n) is 3.81. The Morgan fingerprint density at radius 3 is 2.80 bits per heavy atom. The first kappa shape index (κ1) is 12.2. The molecule has 1 amide bonds. The molecule has 1 heterocycles. The van der Waals surface area contributed by atoms with Crippen molar-refractivity contribution in [1.82, 2.24) is 10.4 Å². The highest BCUT2D eigenvalue weighted by atomic mass is 32.1. The summed E-state index contributed by atoms with van der Waals surface area (Å²) in [6, 6.07) is 2.12. The molecule has 1 N–H and O–H groups in total. The second-order valence-corrected chi connectivity index (χ2v) is 4.81. The van der Waals surface area contributed by atoms with Crippen molar-refractivity contribution >= 4 is 17.2 Å². The van der Waals surface area contributed by atoms with Gasteiger partial charge >= 0.3 is 0 Å². The molecule has 0 aliphatic rings. The van der Waals surface area contributed by atoms with Crippen molar-refractivity contribution in [2.75, 3.05) is 14.1 Å². The third kappa shape index (κ3) is 4.44. The van der Waals surface area contributed by atoms with Crippen LogP contribution in [0.1, 0.15) is 23.3 Å². The van der Waals surface area contributed by atoms with E-state index in [1.165, 1.54) is 10.4 Å². The van der Waals surface area contributed by atoms with E-state index < -0.39 is 0 Å². The summed E-state index contributed by atoms with van der Waals surface area (Å²) in [4.78, 5) is 12.7. The van der Waals surface area contributed by atoms with E-state index in [2.05, 4.69) is 23.8 Å². The van der Waals surface area contributed by atoms with Crippen molar-refractivity contribution in [3.8, 4) is 0 Å². The van der Waals surface area contributed by atoms with E-state index in [0.717, 1.165) is 12.8 Å². The van der Waals surface area contributed by atoms with Crippen LogP contribution in [0.4, 0.5) is 0 Å². The largest absolute Gasteiger partial charge is 0.289 e. The summed E-state index contributed by atoms with van der Waals surface area (Å²) in [6.45, 7) is 2.12. The highest BCUT2D eigenvalue weighted by Gasteiger charge is 2.04. The Morgan fingerprint density at radius 2 is 2.27 bits per heavy atom. The van der Waals surface area contributed by atoms with Gasteiger partial charge in [-0.25, -0.2) is 5.01 Å². The van der Waals surface area contributed by atoms with Crippen molar-refractivity contribution in [3.05, 3.63) is 21.9 Å². The summed E-state index contributed by atoms with van der Waals surface area (Å²) in [5, 5.41) is 3.78. The number of nitrogens with one attached hydrogen (secondary N) is 1. The number of amides is 1. The molecule has 0 spiro atoms. The molecule has 0 unspecified atom stereocenters. The summed E-state index contributed by atoms with van der Waals surface area (Å²) < 4.78 is 0. The third-order valence-corrected chi connectivity index (χ3v) is 3.21. The molecule has 15 heavy (non-hydrogen) atoms. The Labute approximate surface area is 95.1 Å². The number of aryl methyl sites for hydroxylation is 2. The van der Waals surface area contributed by atoms with Crippen LogP contribution < -0.4 is 5.43 Å². The minimum absolute atomic E-state index is 0.0919. The molecule has 1 rings (SSSR count). The van der Waals surface area contributed by atoms with Gasteiger partial charge in [-0.1, -0.05) is 0 Å². The fourth-order valence-corrected chi connectivity index (χ4v) is 2.33. The highest BCUT2D eigenvalue weighted by molar-refractivity contribution is 7.10. The van der Waals surface area contributed by atoms with Crippen LogP contribution in [0.5, 0.6) is 0 Å². The van der Waals surface area contributed by atoms with E-state index in [9.17, 15) is 4.79 Å². The van der Waals surface area contributed by atoms with Crippen molar-refractivity contribution in [2.45, 2.75) is 26.2 Å². The van der Waals surface area contributed by atoms with E-state index in [-0.39, 0.29) is 5.91 Å². The topological polar surface area (TPSA) is 32.3 Å². The minimum Gasteiger partial charge on any atom is -0.289 e. The van der Waals surface area contributed by atoms with Crippen molar-refractivity contribution < 1.29 is 4.79 Å². The third-order valence-electron chi connectivity index (χ3n) is 2.12. The van der Waals surface area contributed by atoms with Gasteiger partial charge in [0.25, 0.3) is 0 Å². The van der Waals surface area contributed by atoms with Gasteiger partial charge in [0.1, 0.15) is 0 Å². The monoisotopic (exact) mass is 226 g/mol. The Kier molecular flexibility index (Phi) is 4.78. The number of nitrogens with zero attached hydrogens (tertiary/aromatic N) is 1. The van der Waals surface area contributed by atoms with Gasteiger partial charge in [-0.2, -0.15) is 0 Å². The summed E-state index contributed by atoms with van der Waals surface area (Å²) in [5.41, 5.74) is 4.08. The Balaban J connectivity index is 2.22. The molecule has 0 bridgehead atoms. The number of hydrogen-bond donors (Lipinski definition) is 1. The van der Waals surface area contributed by atoms with Crippen LogP contribution in [0.2, 0.25) is 0 Å².